The van der Waals surface area contributed by atoms with Crippen molar-refractivity contribution in [1.82, 2.24) is 4.90 Å². The third kappa shape index (κ3) is 4.29. The number of alkyl halides is 1. The molecule has 0 spiro atoms. The van der Waals surface area contributed by atoms with E-state index in [0.717, 1.165) is 11.8 Å². The van der Waals surface area contributed by atoms with Crippen LogP contribution in [-0.2, 0) is 0 Å². The molecule has 1 atom stereocenters. The molecular formula is C16H24ClN. The summed E-state index contributed by atoms with van der Waals surface area (Å²) in [5, 5.41) is 0. The van der Waals surface area contributed by atoms with Gasteiger partial charge in [0.15, 0.2) is 0 Å². The number of nitrogens with zero attached hydrogens (tertiary/aromatic N) is 1. The summed E-state index contributed by atoms with van der Waals surface area (Å²) < 4.78 is 0. The van der Waals surface area contributed by atoms with E-state index in [0.29, 0.717) is 0 Å². The summed E-state index contributed by atoms with van der Waals surface area (Å²) in [5.41, 5.74) is 1.52. The van der Waals surface area contributed by atoms with Crippen LogP contribution in [0.4, 0.5) is 0 Å². The second-order valence-corrected chi connectivity index (χ2v) is 5.68. The van der Waals surface area contributed by atoms with Gasteiger partial charge < -0.3 is 4.90 Å². The summed E-state index contributed by atoms with van der Waals surface area (Å²) in [6, 6.07) is 11.0. The SMILES string of the molecule is ClCCCCCCN1CCC(c2ccccc2)C1. The average Bonchev–Trinajstić information content (AvgIpc) is 2.88. The predicted octanol–water partition coefficient (Wildman–Crippen LogP) is 4.28. The molecule has 1 saturated heterocycles. The maximum atomic E-state index is 5.68. The van der Waals surface area contributed by atoms with Gasteiger partial charge in [-0.1, -0.05) is 43.2 Å². The van der Waals surface area contributed by atoms with Crippen LogP contribution >= 0.6 is 11.6 Å². The molecule has 0 amide bonds. The van der Waals surface area contributed by atoms with E-state index in [2.05, 4.69) is 35.2 Å². The van der Waals surface area contributed by atoms with E-state index in [-0.39, 0.29) is 0 Å². The van der Waals surface area contributed by atoms with Gasteiger partial charge >= 0.3 is 0 Å². The Morgan fingerprint density at radius 1 is 1.06 bits per heavy atom. The number of hydrogen-bond donors (Lipinski definition) is 0. The summed E-state index contributed by atoms with van der Waals surface area (Å²) in [6.07, 6.45) is 6.46. The summed E-state index contributed by atoms with van der Waals surface area (Å²) in [7, 11) is 0. The number of unbranched alkanes of at least 4 members (excludes halogenated alkanes) is 3. The maximum Gasteiger partial charge on any atom is 0.0223 e. The van der Waals surface area contributed by atoms with Gasteiger partial charge in [0.2, 0.25) is 0 Å². The third-order valence-electron chi connectivity index (χ3n) is 3.90. The smallest absolute Gasteiger partial charge is 0.0223 e. The molecule has 1 aliphatic heterocycles. The van der Waals surface area contributed by atoms with Crippen LogP contribution in [0.3, 0.4) is 0 Å². The van der Waals surface area contributed by atoms with E-state index < -0.39 is 0 Å². The molecule has 18 heavy (non-hydrogen) atoms. The molecule has 1 aliphatic rings. The molecule has 1 aromatic carbocycles. The first-order valence-electron chi connectivity index (χ1n) is 7.23. The van der Waals surface area contributed by atoms with Crippen LogP contribution in [0, 0.1) is 0 Å². The molecular weight excluding hydrogens is 242 g/mol. The molecule has 2 heteroatoms. The Labute approximate surface area is 116 Å². The van der Waals surface area contributed by atoms with Crippen molar-refractivity contribution >= 4 is 11.6 Å². The first-order chi connectivity index (χ1) is 8.90. The molecule has 2 rings (SSSR count). The minimum absolute atomic E-state index is 0.758. The molecule has 0 aromatic heterocycles. The van der Waals surface area contributed by atoms with Gasteiger partial charge in [0.05, 0.1) is 0 Å². The topological polar surface area (TPSA) is 3.24 Å². The van der Waals surface area contributed by atoms with Crippen molar-refractivity contribution in [3.8, 4) is 0 Å². The number of halogens is 1. The van der Waals surface area contributed by atoms with Gasteiger partial charge in [-0.15, -0.1) is 11.6 Å². The minimum atomic E-state index is 0.758. The summed E-state index contributed by atoms with van der Waals surface area (Å²) in [5.74, 6) is 1.58. The standard InChI is InChI=1S/C16H24ClN/c17-11-6-1-2-7-12-18-13-10-16(14-18)15-8-4-3-5-9-15/h3-5,8-9,16H,1-2,6-7,10-14H2. The highest BCUT2D eigenvalue weighted by atomic mass is 35.5. The molecule has 1 unspecified atom stereocenters. The van der Waals surface area contributed by atoms with Crippen LogP contribution in [0.2, 0.25) is 0 Å². The Balaban J connectivity index is 1.66. The zero-order valence-corrected chi connectivity index (χ0v) is 11.9. The Morgan fingerprint density at radius 3 is 2.61 bits per heavy atom. The van der Waals surface area contributed by atoms with Gasteiger partial charge in [-0.25, -0.2) is 0 Å². The molecule has 1 aromatic rings. The molecule has 0 aliphatic carbocycles. The fraction of sp³-hybridized carbons (Fsp3) is 0.625. The number of benzene rings is 1. The lowest BCUT2D eigenvalue weighted by Crippen LogP contribution is -2.21. The van der Waals surface area contributed by atoms with Crippen molar-refractivity contribution in [2.45, 2.75) is 38.0 Å². The van der Waals surface area contributed by atoms with E-state index >= 15 is 0 Å². The van der Waals surface area contributed by atoms with Crippen LogP contribution in [0.15, 0.2) is 30.3 Å². The van der Waals surface area contributed by atoms with Gasteiger partial charge in [0, 0.05) is 12.4 Å². The van der Waals surface area contributed by atoms with Crippen LogP contribution in [0.1, 0.15) is 43.6 Å². The van der Waals surface area contributed by atoms with Crippen molar-refractivity contribution in [3.63, 3.8) is 0 Å². The van der Waals surface area contributed by atoms with Crippen LogP contribution in [-0.4, -0.2) is 30.4 Å². The van der Waals surface area contributed by atoms with Crippen LogP contribution < -0.4 is 0 Å². The predicted molar refractivity (Wildman–Crippen MR) is 79.4 cm³/mol. The lowest BCUT2D eigenvalue weighted by atomic mass is 9.99. The normalized spacial score (nSPS) is 20.4. The fourth-order valence-electron chi connectivity index (χ4n) is 2.82. The van der Waals surface area contributed by atoms with Crippen molar-refractivity contribution < 1.29 is 0 Å². The summed E-state index contributed by atoms with van der Waals surface area (Å²) in [4.78, 5) is 2.62. The van der Waals surface area contributed by atoms with Crippen molar-refractivity contribution in [2.75, 3.05) is 25.5 Å². The lowest BCUT2D eigenvalue weighted by molar-refractivity contribution is 0.324. The zero-order chi connectivity index (χ0) is 12.6. The third-order valence-corrected chi connectivity index (χ3v) is 4.17. The second-order valence-electron chi connectivity index (χ2n) is 5.30. The van der Waals surface area contributed by atoms with Crippen LogP contribution in [0.25, 0.3) is 0 Å². The Morgan fingerprint density at radius 2 is 1.83 bits per heavy atom. The molecule has 0 N–H and O–H groups in total. The Kier molecular flexibility index (Phi) is 6.02. The molecule has 1 nitrogen and oxygen atoms in total. The molecule has 1 heterocycles. The first kappa shape index (κ1) is 13.9. The monoisotopic (exact) mass is 265 g/mol. The van der Waals surface area contributed by atoms with Crippen molar-refractivity contribution in [3.05, 3.63) is 35.9 Å². The largest absolute Gasteiger partial charge is 0.303 e. The highest BCUT2D eigenvalue weighted by Gasteiger charge is 2.22. The van der Waals surface area contributed by atoms with E-state index in [1.54, 1.807) is 0 Å². The van der Waals surface area contributed by atoms with Gasteiger partial charge in [-0.2, -0.15) is 0 Å². The van der Waals surface area contributed by atoms with E-state index in [4.69, 9.17) is 11.6 Å². The number of likely N-dealkylation sites (tertiary alicyclic amines) is 1. The van der Waals surface area contributed by atoms with Gasteiger partial charge in [-0.05, 0) is 43.8 Å². The van der Waals surface area contributed by atoms with Gasteiger partial charge in [0.1, 0.15) is 0 Å². The number of rotatable bonds is 7. The van der Waals surface area contributed by atoms with Crippen LogP contribution in [0.5, 0.6) is 0 Å². The number of hydrogen-bond acceptors (Lipinski definition) is 1. The highest BCUT2D eigenvalue weighted by molar-refractivity contribution is 6.17. The molecule has 0 bridgehead atoms. The zero-order valence-electron chi connectivity index (χ0n) is 11.2. The Hall–Kier alpha value is -0.530. The lowest BCUT2D eigenvalue weighted by Gasteiger charge is -2.16. The second kappa shape index (κ2) is 7.81. The first-order valence-corrected chi connectivity index (χ1v) is 7.77. The average molecular weight is 266 g/mol. The molecule has 0 radical (unpaired) electrons. The highest BCUT2D eigenvalue weighted by Crippen LogP contribution is 2.26. The quantitative estimate of drug-likeness (QED) is 0.526. The van der Waals surface area contributed by atoms with E-state index in [9.17, 15) is 0 Å². The molecule has 1 fully saturated rings. The van der Waals surface area contributed by atoms with Gasteiger partial charge in [0.25, 0.3) is 0 Å². The Bertz CT molecular complexity index is 325. The van der Waals surface area contributed by atoms with Crippen molar-refractivity contribution in [1.29, 1.82) is 0 Å². The maximum absolute atomic E-state index is 5.68. The minimum Gasteiger partial charge on any atom is -0.303 e. The summed E-state index contributed by atoms with van der Waals surface area (Å²) in [6.45, 7) is 3.79. The fourth-order valence-corrected chi connectivity index (χ4v) is 3.01. The van der Waals surface area contributed by atoms with E-state index in [1.807, 2.05) is 0 Å². The molecule has 100 valence electrons. The summed E-state index contributed by atoms with van der Waals surface area (Å²) >= 11 is 5.68. The van der Waals surface area contributed by atoms with Gasteiger partial charge in [-0.3, -0.25) is 0 Å². The molecule has 0 saturated carbocycles. The van der Waals surface area contributed by atoms with E-state index in [1.165, 1.54) is 57.3 Å². The van der Waals surface area contributed by atoms with Crippen molar-refractivity contribution in [2.24, 2.45) is 0 Å².